The van der Waals surface area contributed by atoms with Crippen LogP contribution < -0.4 is 24.2 Å². The molecule has 3 N–H and O–H groups in total. The van der Waals surface area contributed by atoms with Crippen molar-refractivity contribution in [1.29, 1.82) is 0 Å². The molecule has 4 saturated heterocycles. The molecule has 309 valence electrons. The van der Waals surface area contributed by atoms with Gasteiger partial charge in [-0.3, -0.25) is 4.79 Å². The summed E-state index contributed by atoms with van der Waals surface area (Å²) in [5.41, 5.74) is -1.28. The first-order valence-corrected chi connectivity index (χ1v) is 18.5. The van der Waals surface area contributed by atoms with Crippen molar-refractivity contribution in [1.82, 2.24) is 15.1 Å². The molecule has 4 fully saturated rings. The van der Waals surface area contributed by atoms with Crippen LogP contribution in [0.3, 0.4) is 0 Å². The normalized spacial score (nSPS) is 23.4. The first-order valence-electron chi connectivity index (χ1n) is 18.5. The Morgan fingerprint density at radius 2 is 1.19 bits per heavy atom. The number of halogens is 1. The maximum atomic E-state index is 11.9. The van der Waals surface area contributed by atoms with E-state index in [1.54, 1.807) is 9.80 Å². The van der Waals surface area contributed by atoms with E-state index in [9.17, 15) is 24.6 Å². The molecule has 4 aliphatic rings. The zero-order valence-electron chi connectivity index (χ0n) is 36.2. The Kier molecular flexibility index (Phi) is 28.8. The molecule has 2 unspecified atom stereocenters. The van der Waals surface area contributed by atoms with Gasteiger partial charge in [0.1, 0.15) is 17.0 Å². The van der Waals surface area contributed by atoms with E-state index in [0.29, 0.717) is 45.4 Å². The number of nitrogens with zero attached hydrogens (tertiary/aromatic N) is 2. The van der Waals surface area contributed by atoms with Gasteiger partial charge in [0.15, 0.2) is 0 Å². The monoisotopic (exact) mass is 771 g/mol. The van der Waals surface area contributed by atoms with Gasteiger partial charge >= 0.3 is 31.0 Å². The molecule has 0 aromatic heterocycles. The predicted molar refractivity (Wildman–Crippen MR) is 215 cm³/mol. The van der Waals surface area contributed by atoms with Crippen molar-refractivity contribution < 1.29 is 59.1 Å². The number of amides is 2. The molecular weight excluding hydrogens is 692 g/mol. The Balaban J connectivity index is -0.000000204. The van der Waals surface area contributed by atoms with Crippen LogP contribution in [0.4, 0.5) is 9.59 Å². The molecular formula is C39H79BClLiN3O8. The number of rotatable bonds is 0. The average molecular weight is 771 g/mol. The molecule has 4 rings (SSSR count). The number of Topliss-reactive ketones (excluding diaryl/α,β-unsaturated/α-hetero) is 1. The molecule has 4 aliphatic heterocycles. The van der Waals surface area contributed by atoms with E-state index >= 15 is 0 Å². The molecule has 14 heteroatoms. The largest absolute Gasteiger partial charge is 1.00 e. The fourth-order valence-corrected chi connectivity index (χ4v) is 5.47. The third-order valence-corrected chi connectivity index (χ3v) is 9.54. The van der Waals surface area contributed by atoms with E-state index in [1.165, 1.54) is 12.8 Å². The van der Waals surface area contributed by atoms with Crippen molar-refractivity contribution >= 4 is 38.8 Å². The van der Waals surface area contributed by atoms with E-state index in [-0.39, 0.29) is 95.0 Å². The summed E-state index contributed by atoms with van der Waals surface area (Å²) < 4.78 is 15.6. The molecule has 0 spiro atoms. The number of carbonyl (C=O) groups excluding carboxylic acids is 3. The molecule has 2 atom stereocenters. The molecule has 0 saturated carbocycles. The van der Waals surface area contributed by atoms with Crippen molar-refractivity contribution in [2.75, 3.05) is 52.5 Å². The summed E-state index contributed by atoms with van der Waals surface area (Å²) in [6.07, 6.45) is 6.00. The Morgan fingerprint density at radius 3 is 1.64 bits per heavy atom. The molecule has 0 aromatic rings. The quantitative estimate of drug-likeness (QED) is 0.307. The topological polar surface area (TPSA) is 138 Å². The fraction of sp³-hybridized carbons (Fsp3) is 0.923. The molecule has 0 bridgehead atoms. The maximum Gasteiger partial charge on any atom is 1.00 e. The van der Waals surface area contributed by atoms with Gasteiger partial charge in [0.05, 0.1) is 12.2 Å². The van der Waals surface area contributed by atoms with Crippen molar-refractivity contribution in [3.05, 3.63) is 0 Å². The van der Waals surface area contributed by atoms with Crippen LogP contribution in [0, 0.1) is 16.2 Å². The number of aliphatic hydroxyl groups excluding tert-OH is 2. The van der Waals surface area contributed by atoms with Crippen LogP contribution in [0.15, 0.2) is 0 Å². The zero-order valence-corrected chi connectivity index (χ0v) is 36.0. The van der Waals surface area contributed by atoms with Gasteiger partial charge in [-0.25, -0.2) is 9.59 Å². The summed E-state index contributed by atoms with van der Waals surface area (Å²) in [6.45, 7) is 29.6. The van der Waals surface area contributed by atoms with Crippen LogP contribution in [0.5, 0.6) is 0 Å². The van der Waals surface area contributed by atoms with Gasteiger partial charge in [-0.1, -0.05) is 49.0 Å². The number of ketones is 1. The van der Waals surface area contributed by atoms with Gasteiger partial charge in [0.25, 0.3) is 0 Å². The second-order valence-electron chi connectivity index (χ2n) is 17.9. The Bertz CT molecular complexity index is 1030. The molecule has 2 amide bonds. The van der Waals surface area contributed by atoms with Gasteiger partial charge in [0.2, 0.25) is 0 Å². The Labute approximate surface area is 345 Å². The third kappa shape index (κ3) is 24.3. The van der Waals surface area contributed by atoms with Gasteiger partial charge in [-0.05, 0) is 110 Å². The van der Waals surface area contributed by atoms with Crippen LogP contribution in [0.1, 0.15) is 143 Å². The minimum atomic E-state index is -0.483. The minimum absolute atomic E-state index is 0. The summed E-state index contributed by atoms with van der Waals surface area (Å²) in [7, 11) is 0. The number of nitrogens with one attached hydrogen (secondary N) is 1. The number of carbonyl (C=O) groups is 3. The smallest absolute Gasteiger partial charge is 1.00 e. The fourth-order valence-electron chi connectivity index (χ4n) is 5.47. The van der Waals surface area contributed by atoms with Crippen LogP contribution >= 0.6 is 12.4 Å². The van der Waals surface area contributed by atoms with Crippen LogP contribution in [0.2, 0.25) is 0 Å². The van der Waals surface area contributed by atoms with Gasteiger partial charge in [0, 0.05) is 59.6 Å². The van der Waals surface area contributed by atoms with E-state index in [4.69, 9.17) is 14.2 Å². The molecule has 4 heterocycles. The van der Waals surface area contributed by atoms with E-state index in [0.717, 1.165) is 45.6 Å². The van der Waals surface area contributed by atoms with Crippen molar-refractivity contribution in [3.63, 3.8) is 0 Å². The molecule has 3 radical (unpaired) electrons. The van der Waals surface area contributed by atoms with Gasteiger partial charge in [-0.2, -0.15) is 0 Å². The molecule has 0 aromatic carbocycles. The second kappa shape index (κ2) is 26.0. The second-order valence-corrected chi connectivity index (χ2v) is 17.9. The maximum absolute atomic E-state index is 11.9. The first-order chi connectivity index (χ1) is 22.4. The number of aliphatic hydroxyl groups is 2. The third-order valence-electron chi connectivity index (χ3n) is 9.54. The Hall–Kier alpha value is -0.998. The SMILES string of the molecule is C.C1CCOC1.CC(C)(C)OC(=O)N1CCC(=O)C(C)(C)CC1.CC(C)(C)OC(=O)N1CCC(O)C(C)(C)CC1.CC1(C)CCNCCC1O.Cl.[B].[H-].[Li+]. The van der Waals surface area contributed by atoms with Crippen molar-refractivity contribution in [2.24, 2.45) is 16.2 Å². The van der Waals surface area contributed by atoms with Crippen LogP contribution in [0.25, 0.3) is 0 Å². The summed E-state index contributed by atoms with van der Waals surface area (Å²) in [4.78, 5) is 38.9. The van der Waals surface area contributed by atoms with Crippen LogP contribution in [-0.4, -0.2) is 122 Å². The summed E-state index contributed by atoms with van der Waals surface area (Å²) in [5, 5.41) is 22.8. The standard InChI is InChI=1S/C13H25NO3.C13H23NO3.C8H17NO.C4H8O.CH4.B.ClH.Li.H/c2*1-12(2,3)17-11(16)14-8-6-10(15)13(4,5)7-9-14;1-8(2)4-6-9-5-3-7(8)10;1-2-4-5-3-1;;;;;/h10,15H,6-9H2,1-5H3;6-9H2,1-5H3;7,9-10H,3-6H2,1-2H3;1-4H2;1H4;;1H;;/q;;;;;;;+1;-1. The molecule has 53 heavy (non-hydrogen) atoms. The number of hydrogen-bond donors (Lipinski definition) is 3. The minimum Gasteiger partial charge on any atom is -1.00 e. The summed E-state index contributed by atoms with van der Waals surface area (Å²) in [6, 6.07) is 0. The average Bonchev–Trinajstić information content (AvgIpc) is 3.42. The van der Waals surface area contributed by atoms with E-state index < -0.39 is 11.2 Å². The molecule has 0 aliphatic carbocycles. The van der Waals surface area contributed by atoms with E-state index in [1.807, 2.05) is 69.2 Å². The van der Waals surface area contributed by atoms with Crippen molar-refractivity contribution in [3.8, 4) is 0 Å². The van der Waals surface area contributed by atoms with Gasteiger partial charge < -0.3 is 41.0 Å². The van der Waals surface area contributed by atoms with E-state index in [2.05, 4.69) is 19.2 Å². The van der Waals surface area contributed by atoms with Crippen molar-refractivity contribution in [2.45, 2.75) is 165 Å². The number of ether oxygens (including phenoxy) is 3. The summed E-state index contributed by atoms with van der Waals surface area (Å²) >= 11 is 0. The number of hydrogen-bond acceptors (Lipinski definition) is 9. The zero-order chi connectivity index (χ0) is 37.7. The first kappa shape index (κ1) is 58.7. The van der Waals surface area contributed by atoms with Gasteiger partial charge in [-0.15, -0.1) is 12.4 Å². The number of likely N-dealkylation sites (tertiary alicyclic amines) is 2. The predicted octanol–water partition coefficient (Wildman–Crippen LogP) is 4.36. The van der Waals surface area contributed by atoms with Crippen LogP contribution in [-0.2, 0) is 19.0 Å². The molecule has 11 nitrogen and oxygen atoms in total. The summed E-state index contributed by atoms with van der Waals surface area (Å²) in [5.74, 6) is 0.226. The Morgan fingerprint density at radius 1 is 0.755 bits per heavy atom.